The molecular formula is C26H28N4O5. The summed E-state index contributed by atoms with van der Waals surface area (Å²) in [6.07, 6.45) is 5.46. The number of amides is 4. The number of anilines is 1. The highest BCUT2D eigenvalue weighted by atomic mass is 16.7. The lowest BCUT2D eigenvalue weighted by Crippen LogP contribution is -2.61. The van der Waals surface area contributed by atoms with E-state index in [1.807, 2.05) is 24.3 Å². The van der Waals surface area contributed by atoms with Crippen LogP contribution in [0.5, 0.6) is 11.5 Å². The van der Waals surface area contributed by atoms with Gasteiger partial charge in [-0.3, -0.25) is 9.59 Å². The fraction of sp³-hybridized carbons (Fsp3) is 0.423. The van der Waals surface area contributed by atoms with Crippen LogP contribution < -0.4 is 20.1 Å². The maximum absolute atomic E-state index is 13.6. The molecule has 0 bridgehead atoms. The first kappa shape index (κ1) is 21.8. The van der Waals surface area contributed by atoms with Crippen LogP contribution in [0.1, 0.15) is 42.5 Å². The predicted molar refractivity (Wildman–Crippen MR) is 128 cm³/mol. The summed E-state index contributed by atoms with van der Waals surface area (Å²) in [6.45, 7) is 1.08. The molecule has 35 heavy (non-hydrogen) atoms. The first-order valence-electron chi connectivity index (χ1n) is 12.3. The second-order valence-corrected chi connectivity index (χ2v) is 9.56. The fourth-order valence-electron chi connectivity index (χ4n) is 5.40. The molecule has 1 saturated heterocycles. The van der Waals surface area contributed by atoms with Crippen molar-refractivity contribution in [2.75, 3.05) is 31.7 Å². The second-order valence-electron chi connectivity index (χ2n) is 9.56. The molecule has 0 spiro atoms. The quantitative estimate of drug-likeness (QED) is 0.694. The second kappa shape index (κ2) is 8.79. The lowest BCUT2D eigenvalue weighted by Gasteiger charge is -2.40. The molecule has 2 aromatic rings. The van der Waals surface area contributed by atoms with Gasteiger partial charge in [0.1, 0.15) is 6.04 Å². The van der Waals surface area contributed by atoms with Gasteiger partial charge in [0.2, 0.25) is 12.7 Å². The molecule has 4 amide bonds. The van der Waals surface area contributed by atoms with Crippen molar-refractivity contribution < 1.29 is 23.9 Å². The number of hydrogen-bond donors (Lipinski definition) is 2. The molecule has 4 aliphatic rings. The summed E-state index contributed by atoms with van der Waals surface area (Å²) in [5.74, 6) is 0.876. The summed E-state index contributed by atoms with van der Waals surface area (Å²) in [6, 6.07) is 10.4. The minimum Gasteiger partial charge on any atom is -0.454 e. The Morgan fingerprint density at radius 1 is 0.943 bits per heavy atom. The molecule has 2 fully saturated rings. The van der Waals surface area contributed by atoms with E-state index < -0.39 is 6.04 Å². The standard InChI is InChI=1S/C26H28N4O5/c31-24-21-14-29(26(33)27-18-4-2-1-3-5-18)10-11-30(21)25(32)19-12-16(6-8-20(19)28-24)17-7-9-22-23(13-17)35-15-34-22/h6-9,12-13,18,21H,1-5,10-11,14-15H2,(H,27,33)(H,28,31). The van der Waals surface area contributed by atoms with Crippen molar-refractivity contribution in [1.82, 2.24) is 15.1 Å². The van der Waals surface area contributed by atoms with Crippen LogP contribution in [0.25, 0.3) is 11.1 Å². The van der Waals surface area contributed by atoms with Gasteiger partial charge >= 0.3 is 6.03 Å². The average Bonchev–Trinajstić information content (AvgIpc) is 3.33. The topological polar surface area (TPSA) is 100 Å². The third-order valence-electron chi connectivity index (χ3n) is 7.38. The van der Waals surface area contributed by atoms with Gasteiger partial charge in [0, 0.05) is 19.1 Å². The molecule has 6 rings (SSSR count). The predicted octanol–water partition coefficient (Wildman–Crippen LogP) is 3.20. The minimum atomic E-state index is -0.727. The average molecular weight is 477 g/mol. The van der Waals surface area contributed by atoms with Crippen LogP contribution in [-0.2, 0) is 4.79 Å². The van der Waals surface area contributed by atoms with Crippen molar-refractivity contribution >= 4 is 23.5 Å². The van der Waals surface area contributed by atoms with Crippen LogP contribution in [0.4, 0.5) is 10.5 Å². The van der Waals surface area contributed by atoms with Gasteiger partial charge in [0.15, 0.2) is 11.5 Å². The molecule has 9 heteroatoms. The number of carbonyl (C=O) groups is 3. The van der Waals surface area contributed by atoms with E-state index in [4.69, 9.17) is 9.47 Å². The monoisotopic (exact) mass is 476 g/mol. The first-order chi connectivity index (χ1) is 17.1. The van der Waals surface area contributed by atoms with Crippen molar-refractivity contribution in [1.29, 1.82) is 0 Å². The Balaban J connectivity index is 1.22. The van der Waals surface area contributed by atoms with Gasteiger partial charge in [0.05, 0.1) is 17.8 Å². The molecule has 2 aromatic carbocycles. The summed E-state index contributed by atoms with van der Waals surface area (Å²) in [5.41, 5.74) is 2.66. The molecule has 9 nitrogen and oxygen atoms in total. The van der Waals surface area contributed by atoms with Crippen molar-refractivity contribution in [2.45, 2.75) is 44.2 Å². The van der Waals surface area contributed by atoms with Crippen LogP contribution in [-0.4, -0.2) is 66.2 Å². The van der Waals surface area contributed by atoms with Crippen molar-refractivity contribution in [2.24, 2.45) is 0 Å². The molecule has 0 aromatic heterocycles. The number of nitrogens with one attached hydrogen (secondary N) is 2. The molecule has 1 aliphatic carbocycles. The van der Waals surface area contributed by atoms with Crippen LogP contribution in [0.2, 0.25) is 0 Å². The molecular weight excluding hydrogens is 448 g/mol. The van der Waals surface area contributed by atoms with Crippen LogP contribution >= 0.6 is 0 Å². The molecule has 3 heterocycles. The van der Waals surface area contributed by atoms with E-state index in [0.29, 0.717) is 35.8 Å². The lowest BCUT2D eigenvalue weighted by atomic mass is 9.96. The maximum Gasteiger partial charge on any atom is 0.317 e. The molecule has 1 saturated carbocycles. The number of benzene rings is 2. The van der Waals surface area contributed by atoms with Crippen LogP contribution in [0, 0.1) is 0 Å². The van der Waals surface area contributed by atoms with E-state index in [9.17, 15) is 14.4 Å². The number of fused-ring (bicyclic) bond motifs is 3. The number of rotatable bonds is 2. The first-order valence-corrected chi connectivity index (χ1v) is 12.3. The minimum absolute atomic E-state index is 0.149. The van der Waals surface area contributed by atoms with Gasteiger partial charge in [-0.2, -0.15) is 0 Å². The smallest absolute Gasteiger partial charge is 0.317 e. The Morgan fingerprint density at radius 2 is 1.71 bits per heavy atom. The van der Waals surface area contributed by atoms with Gasteiger partial charge in [-0.25, -0.2) is 4.79 Å². The van der Waals surface area contributed by atoms with Crippen LogP contribution in [0.3, 0.4) is 0 Å². The lowest BCUT2D eigenvalue weighted by molar-refractivity contribution is -0.121. The third kappa shape index (κ3) is 4.05. The van der Waals surface area contributed by atoms with Gasteiger partial charge in [-0.15, -0.1) is 0 Å². The number of carbonyl (C=O) groups excluding carboxylic acids is 3. The van der Waals surface area contributed by atoms with Crippen molar-refractivity contribution in [3.63, 3.8) is 0 Å². The Hall–Kier alpha value is -3.75. The maximum atomic E-state index is 13.6. The molecule has 0 radical (unpaired) electrons. The van der Waals surface area contributed by atoms with Gasteiger partial charge in [0.25, 0.3) is 5.91 Å². The zero-order chi connectivity index (χ0) is 23.9. The summed E-state index contributed by atoms with van der Waals surface area (Å²) in [7, 11) is 0. The Bertz CT molecular complexity index is 1190. The number of nitrogens with zero attached hydrogens (tertiary/aromatic N) is 2. The SMILES string of the molecule is O=C1Nc2ccc(-c3ccc4c(c3)OCO4)cc2C(=O)N2CCN(C(=O)NC3CCCCC3)CC12. The van der Waals surface area contributed by atoms with Gasteiger partial charge < -0.3 is 29.9 Å². The van der Waals surface area contributed by atoms with E-state index in [1.54, 1.807) is 21.9 Å². The Labute approximate surface area is 203 Å². The number of piperazine rings is 1. The summed E-state index contributed by atoms with van der Waals surface area (Å²) in [4.78, 5) is 42.8. The molecule has 1 unspecified atom stereocenters. The molecule has 1 atom stereocenters. The van der Waals surface area contributed by atoms with Crippen molar-refractivity contribution in [3.8, 4) is 22.6 Å². The zero-order valence-corrected chi connectivity index (χ0v) is 19.4. The summed E-state index contributed by atoms with van der Waals surface area (Å²) < 4.78 is 10.9. The van der Waals surface area contributed by atoms with Gasteiger partial charge in [-0.05, 0) is 48.2 Å². The fourth-order valence-corrected chi connectivity index (χ4v) is 5.40. The summed E-state index contributed by atoms with van der Waals surface area (Å²) in [5, 5.41) is 6.03. The highest BCUT2D eigenvalue weighted by Gasteiger charge is 2.40. The highest BCUT2D eigenvalue weighted by molar-refractivity contribution is 6.10. The Morgan fingerprint density at radius 3 is 2.57 bits per heavy atom. The number of ether oxygens (including phenoxy) is 2. The van der Waals surface area contributed by atoms with Gasteiger partial charge in [-0.1, -0.05) is 31.4 Å². The van der Waals surface area contributed by atoms with E-state index in [1.165, 1.54) is 6.42 Å². The highest BCUT2D eigenvalue weighted by Crippen LogP contribution is 2.37. The summed E-state index contributed by atoms with van der Waals surface area (Å²) >= 11 is 0. The molecule has 2 N–H and O–H groups in total. The number of urea groups is 1. The van der Waals surface area contributed by atoms with Crippen molar-refractivity contribution in [3.05, 3.63) is 42.0 Å². The normalized spacial score (nSPS) is 21.7. The molecule has 3 aliphatic heterocycles. The van der Waals surface area contributed by atoms with Crippen LogP contribution in [0.15, 0.2) is 36.4 Å². The molecule has 182 valence electrons. The zero-order valence-electron chi connectivity index (χ0n) is 19.4. The van der Waals surface area contributed by atoms with E-state index in [-0.39, 0.29) is 37.2 Å². The largest absolute Gasteiger partial charge is 0.454 e. The van der Waals surface area contributed by atoms with E-state index in [2.05, 4.69) is 10.6 Å². The van der Waals surface area contributed by atoms with E-state index >= 15 is 0 Å². The van der Waals surface area contributed by atoms with E-state index in [0.717, 1.165) is 36.8 Å². The third-order valence-corrected chi connectivity index (χ3v) is 7.38. The Kier molecular flexibility index (Phi) is 5.47. The number of hydrogen-bond acceptors (Lipinski definition) is 5.